The molecule has 5 aromatic rings. The first-order valence-corrected chi connectivity index (χ1v) is 9.42. The number of H-pyrrole nitrogens is 2. The van der Waals surface area contributed by atoms with Crippen LogP contribution >= 0.6 is 0 Å². The van der Waals surface area contributed by atoms with E-state index in [1.54, 1.807) is 16.9 Å². The van der Waals surface area contributed by atoms with E-state index in [0.29, 0.717) is 28.2 Å². The van der Waals surface area contributed by atoms with Crippen LogP contribution in [-0.2, 0) is 0 Å². The third-order valence-corrected chi connectivity index (χ3v) is 5.24. The van der Waals surface area contributed by atoms with E-state index < -0.39 is 23.0 Å². The summed E-state index contributed by atoms with van der Waals surface area (Å²) in [5.41, 5.74) is 7.80. The first kappa shape index (κ1) is 19.5. The molecule has 0 spiro atoms. The third kappa shape index (κ3) is 2.84. The van der Waals surface area contributed by atoms with E-state index >= 15 is 0 Å². The molecule has 160 valence electrons. The van der Waals surface area contributed by atoms with Gasteiger partial charge in [0.15, 0.2) is 5.82 Å². The Morgan fingerprint density at radius 2 is 2.03 bits per heavy atom. The van der Waals surface area contributed by atoms with Gasteiger partial charge in [0.2, 0.25) is 5.78 Å². The van der Waals surface area contributed by atoms with Crippen molar-refractivity contribution in [1.82, 2.24) is 40.4 Å². The SMILES string of the molecule is Cc1nn(-c2nnn[nH]2)c(C)c1-c1cnc2[nH]cc(C(=O)c3c(F)ccc(N)c3F)c2c1. The summed E-state index contributed by atoms with van der Waals surface area (Å²) < 4.78 is 30.3. The van der Waals surface area contributed by atoms with Gasteiger partial charge in [-0.15, -0.1) is 0 Å². The van der Waals surface area contributed by atoms with Crippen LogP contribution in [-0.4, -0.2) is 46.2 Å². The number of rotatable bonds is 4. The zero-order valence-corrected chi connectivity index (χ0v) is 16.8. The van der Waals surface area contributed by atoms with Crippen molar-refractivity contribution >= 4 is 22.5 Å². The van der Waals surface area contributed by atoms with Crippen LogP contribution in [0.1, 0.15) is 27.3 Å². The molecule has 0 amide bonds. The fourth-order valence-electron chi connectivity index (χ4n) is 3.75. The second kappa shape index (κ2) is 7.04. The van der Waals surface area contributed by atoms with Crippen molar-refractivity contribution in [2.75, 3.05) is 5.73 Å². The van der Waals surface area contributed by atoms with E-state index in [1.807, 2.05) is 13.8 Å². The summed E-state index contributed by atoms with van der Waals surface area (Å²) >= 11 is 0. The molecule has 0 atom stereocenters. The van der Waals surface area contributed by atoms with Crippen LogP contribution < -0.4 is 5.73 Å². The summed E-state index contributed by atoms with van der Waals surface area (Å²) in [6.45, 7) is 3.65. The minimum Gasteiger partial charge on any atom is -0.396 e. The van der Waals surface area contributed by atoms with Gasteiger partial charge in [-0.25, -0.2) is 23.5 Å². The van der Waals surface area contributed by atoms with Gasteiger partial charge in [-0.2, -0.15) is 5.10 Å². The molecule has 4 heterocycles. The quantitative estimate of drug-likeness (QED) is 0.291. The maximum absolute atomic E-state index is 14.5. The number of aryl methyl sites for hydroxylation is 1. The Labute approximate surface area is 178 Å². The Hall–Kier alpha value is -4.48. The number of carbonyl (C=O) groups excluding carboxylic acids is 1. The van der Waals surface area contributed by atoms with Gasteiger partial charge in [0.25, 0.3) is 5.95 Å². The number of pyridine rings is 1. The second-order valence-electron chi connectivity index (χ2n) is 7.16. The summed E-state index contributed by atoms with van der Waals surface area (Å²) in [4.78, 5) is 20.3. The lowest BCUT2D eigenvalue weighted by molar-refractivity contribution is 0.103. The zero-order chi connectivity index (χ0) is 22.6. The van der Waals surface area contributed by atoms with E-state index in [9.17, 15) is 13.6 Å². The van der Waals surface area contributed by atoms with Gasteiger partial charge in [0.05, 0.1) is 22.6 Å². The number of aromatic nitrogens is 8. The van der Waals surface area contributed by atoms with Gasteiger partial charge in [-0.05, 0) is 42.5 Å². The number of aromatic amines is 2. The number of benzene rings is 1. The van der Waals surface area contributed by atoms with Crippen molar-refractivity contribution in [1.29, 1.82) is 0 Å². The Kier molecular flexibility index (Phi) is 4.29. The van der Waals surface area contributed by atoms with E-state index in [0.717, 1.165) is 23.4 Å². The Morgan fingerprint density at radius 1 is 1.22 bits per heavy atom. The molecule has 4 N–H and O–H groups in total. The molecule has 0 aliphatic rings. The highest BCUT2D eigenvalue weighted by atomic mass is 19.1. The molecule has 12 heteroatoms. The molecular formula is C20H15F2N9O. The fourth-order valence-corrected chi connectivity index (χ4v) is 3.75. The smallest absolute Gasteiger partial charge is 0.267 e. The summed E-state index contributed by atoms with van der Waals surface area (Å²) in [7, 11) is 0. The maximum Gasteiger partial charge on any atom is 0.267 e. The summed E-state index contributed by atoms with van der Waals surface area (Å²) in [6.07, 6.45) is 2.99. The minimum atomic E-state index is -1.10. The number of tetrazole rings is 1. The van der Waals surface area contributed by atoms with Crippen molar-refractivity contribution in [3.8, 4) is 17.1 Å². The topological polar surface area (TPSA) is 144 Å². The van der Waals surface area contributed by atoms with Crippen molar-refractivity contribution in [2.45, 2.75) is 13.8 Å². The standard InChI is InChI=1S/C20H15F2N9O/c1-8-15(9(2)31(28-8)20-26-29-30-27-20)10-5-11-12(7-25-19(11)24-6-10)18(32)16-13(21)3-4-14(23)17(16)22/h3-7H,23H2,1-2H3,(H,24,25)(H,26,27,29,30). The van der Waals surface area contributed by atoms with Crippen LogP contribution in [0.15, 0.2) is 30.6 Å². The molecule has 0 unspecified atom stereocenters. The molecule has 10 nitrogen and oxygen atoms in total. The van der Waals surface area contributed by atoms with Crippen LogP contribution in [0.3, 0.4) is 0 Å². The molecule has 32 heavy (non-hydrogen) atoms. The largest absolute Gasteiger partial charge is 0.396 e. The van der Waals surface area contributed by atoms with Crippen LogP contribution in [0.25, 0.3) is 28.1 Å². The number of nitrogens with two attached hydrogens (primary N) is 1. The number of anilines is 1. The van der Waals surface area contributed by atoms with Gasteiger partial charge in [-0.3, -0.25) is 4.79 Å². The number of nitrogen functional groups attached to an aromatic ring is 1. The molecule has 0 bridgehead atoms. The van der Waals surface area contributed by atoms with E-state index in [-0.39, 0.29) is 11.3 Å². The number of nitrogens with one attached hydrogen (secondary N) is 2. The average molecular weight is 435 g/mol. The molecule has 0 aliphatic heterocycles. The van der Waals surface area contributed by atoms with Crippen molar-refractivity contribution < 1.29 is 13.6 Å². The van der Waals surface area contributed by atoms with Crippen LogP contribution in [0.5, 0.6) is 0 Å². The first-order valence-electron chi connectivity index (χ1n) is 9.42. The van der Waals surface area contributed by atoms with Crippen LogP contribution in [0.4, 0.5) is 14.5 Å². The van der Waals surface area contributed by atoms with Gasteiger partial charge in [0, 0.05) is 34.5 Å². The first-order chi connectivity index (χ1) is 15.4. The van der Waals surface area contributed by atoms with Crippen molar-refractivity contribution in [3.63, 3.8) is 0 Å². The highest BCUT2D eigenvalue weighted by molar-refractivity contribution is 6.16. The lowest BCUT2D eigenvalue weighted by atomic mass is 9.99. The number of carbonyl (C=O) groups is 1. The minimum absolute atomic E-state index is 0.0693. The Bertz CT molecular complexity index is 1500. The van der Waals surface area contributed by atoms with E-state index in [2.05, 4.69) is 35.7 Å². The lowest BCUT2D eigenvalue weighted by Gasteiger charge is -2.07. The van der Waals surface area contributed by atoms with Crippen molar-refractivity contribution in [2.24, 2.45) is 0 Å². The number of nitrogens with zero attached hydrogens (tertiary/aromatic N) is 6. The monoisotopic (exact) mass is 435 g/mol. The number of halogens is 2. The third-order valence-electron chi connectivity index (χ3n) is 5.24. The molecule has 0 saturated carbocycles. The van der Waals surface area contributed by atoms with Crippen LogP contribution in [0, 0.1) is 25.5 Å². The van der Waals surface area contributed by atoms with E-state index in [4.69, 9.17) is 5.73 Å². The molecule has 0 saturated heterocycles. The highest BCUT2D eigenvalue weighted by Gasteiger charge is 2.24. The molecule has 0 fully saturated rings. The summed E-state index contributed by atoms with van der Waals surface area (Å²) in [5, 5.41) is 18.5. The van der Waals surface area contributed by atoms with Gasteiger partial charge in [-0.1, -0.05) is 5.10 Å². The lowest BCUT2D eigenvalue weighted by Crippen LogP contribution is -2.09. The number of hydrogen-bond acceptors (Lipinski definition) is 7. The van der Waals surface area contributed by atoms with Crippen LogP contribution in [0.2, 0.25) is 0 Å². The maximum atomic E-state index is 14.5. The predicted molar refractivity (Wildman–Crippen MR) is 110 cm³/mol. The highest BCUT2D eigenvalue weighted by Crippen LogP contribution is 2.32. The summed E-state index contributed by atoms with van der Waals surface area (Å²) in [5.74, 6) is -2.58. The number of ketones is 1. The molecule has 1 aromatic carbocycles. The van der Waals surface area contributed by atoms with Gasteiger partial charge in [0.1, 0.15) is 11.5 Å². The van der Waals surface area contributed by atoms with Gasteiger partial charge < -0.3 is 10.7 Å². The second-order valence-corrected chi connectivity index (χ2v) is 7.16. The van der Waals surface area contributed by atoms with E-state index in [1.165, 1.54) is 6.20 Å². The predicted octanol–water partition coefficient (Wildman–Crippen LogP) is 2.64. The molecule has 0 radical (unpaired) electrons. The number of hydrogen-bond donors (Lipinski definition) is 3. The van der Waals surface area contributed by atoms with Crippen molar-refractivity contribution in [3.05, 3.63) is 64.7 Å². The summed E-state index contributed by atoms with van der Waals surface area (Å²) in [6, 6.07) is 3.75. The Morgan fingerprint density at radius 3 is 2.78 bits per heavy atom. The fraction of sp³-hybridized carbons (Fsp3) is 0.100. The zero-order valence-electron chi connectivity index (χ0n) is 16.8. The molecular weight excluding hydrogens is 420 g/mol. The normalized spacial score (nSPS) is 11.4. The molecule has 0 aliphatic carbocycles. The number of fused-ring (bicyclic) bond motifs is 1. The van der Waals surface area contributed by atoms with Gasteiger partial charge >= 0.3 is 0 Å². The molecule has 5 rings (SSSR count). The molecule has 4 aromatic heterocycles. The Balaban J connectivity index is 1.65. The average Bonchev–Trinajstić information content (AvgIpc) is 3.49.